The first-order valence-electron chi connectivity index (χ1n) is 5.45. The molecule has 0 fully saturated rings. The second-order valence-electron chi connectivity index (χ2n) is 3.71. The lowest BCUT2D eigenvalue weighted by Crippen LogP contribution is -2.19. The fraction of sp³-hybridized carbons (Fsp3) is 0.250. The van der Waals surface area contributed by atoms with Crippen molar-refractivity contribution in [2.24, 2.45) is 0 Å². The second-order valence-corrected chi connectivity index (χ2v) is 6.23. The number of rotatable bonds is 5. The van der Waals surface area contributed by atoms with E-state index in [1.165, 1.54) is 29.2 Å². The van der Waals surface area contributed by atoms with E-state index < -0.39 is 12.8 Å². The molecule has 1 aromatic heterocycles. The molecular formula is C12H9ClF3NOS2. The molecule has 2 aromatic rings. The van der Waals surface area contributed by atoms with Crippen molar-refractivity contribution in [3.05, 3.63) is 40.4 Å². The zero-order valence-corrected chi connectivity index (χ0v) is 12.4. The highest BCUT2D eigenvalue weighted by molar-refractivity contribution is 8.00. The summed E-state index contributed by atoms with van der Waals surface area (Å²) in [7, 11) is 0. The first-order chi connectivity index (χ1) is 9.46. The van der Waals surface area contributed by atoms with E-state index in [4.69, 9.17) is 16.3 Å². The topological polar surface area (TPSA) is 22.1 Å². The van der Waals surface area contributed by atoms with E-state index in [9.17, 15) is 13.2 Å². The molecule has 1 heterocycles. The monoisotopic (exact) mass is 339 g/mol. The van der Waals surface area contributed by atoms with Gasteiger partial charge < -0.3 is 4.74 Å². The smallest absolute Gasteiger partial charge is 0.422 e. The Balaban J connectivity index is 2.09. The summed E-state index contributed by atoms with van der Waals surface area (Å²) >= 11 is 8.89. The Morgan fingerprint density at radius 3 is 2.80 bits per heavy atom. The molecule has 2 nitrogen and oxygen atoms in total. The van der Waals surface area contributed by atoms with E-state index in [2.05, 4.69) is 4.98 Å². The molecule has 0 saturated heterocycles. The molecule has 0 bridgehead atoms. The average Bonchev–Trinajstić information content (AvgIpc) is 2.87. The van der Waals surface area contributed by atoms with Crippen LogP contribution in [0.5, 0.6) is 5.75 Å². The Labute approximate surface area is 126 Å². The van der Waals surface area contributed by atoms with Crippen LogP contribution in [0, 0.1) is 0 Å². The third-order valence-electron chi connectivity index (χ3n) is 2.22. The molecule has 20 heavy (non-hydrogen) atoms. The SMILES string of the molecule is FC(F)(F)COc1cccc(Cl)c1CSc1nccs1. The molecule has 0 saturated carbocycles. The van der Waals surface area contributed by atoms with Gasteiger partial charge in [0.15, 0.2) is 6.61 Å². The number of thiazole rings is 1. The largest absolute Gasteiger partial charge is 0.484 e. The predicted molar refractivity (Wildman–Crippen MR) is 74.7 cm³/mol. The Bertz CT molecular complexity index is 560. The molecule has 0 aliphatic heterocycles. The standard InChI is InChI=1S/C12H9ClF3NOS2/c13-9-2-1-3-10(18-7-12(14,15)16)8(9)6-20-11-17-4-5-19-11/h1-5H,6-7H2. The van der Waals surface area contributed by atoms with Crippen LogP contribution in [0.15, 0.2) is 34.1 Å². The minimum absolute atomic E-state index is 0.152. The maximum Gasteiger partial charge on any atom is 0.422 e. The Morgan fingerprint density at radius 2 is 2.15 bits per heavy atom. The molecule has 0 spiro atoms. The number of halogens is 4. The van der Waals surface area contributed by atoms with E-state index in [0.717, 1.165) is 4.34 Å². The lowest BCUT2D eigenvalue weighted by Gasteiger charge is -2.13. The Hall–Kier alpha value is -0.920. The molecule has 0 N–H and O–H groups in total. The lowest BCUT2D eigenvalue weighted by molar-refractivity contribution is -0.153. The predicted octanol–water partition coefficient (Wildman–Crippen LogP) is 5.03. The fourth-order valence-electron chi connectivity index (χ4n) is 1.39. The van der Waals surface area contributed by atoms with Gasteiger partial charge >= 0.3 is 6.18 Å². The van der Waals surface area contributed by atoms with Crippen LogP contribution in [0.25, 0.3) is 0 Å². The summed E-state index contributed by atoms with van der Waals surface area (Å²) in [4.78, 5) is 4.09. The molecule has 0 aliphatic rings. The normalized spacial score (nSPS) is 11.6. The van der Waals surface area contributed by atoms with Gasteiger partial charge in [0, 0.05) is 27.9 Å². The van der Waals surface area contributed by atoms with Crippen LogP contribution >= 0.6 is 34.7 Å². The Kier molecular flexibility index (Phi) is 5.17. The number of ether oxygens (including phenoxy) is 1. The first-order valence-corrected chi connectivity index (χ1v) is 7.69. The van der Waals surface area contributed by atoms with E-state index >= 15 is 0 Å². The number of thioether (sulfide) groups is 1. The average molecular weight is 340 g/mol. The van der Waals surface area contributed by atoms with Crippen LogP contribution in [0.2, 0.25) is 5.02 Å². The van der Waals surface area contributed by atoms with E-state index in [0.29, 0.717) is 16.3 Å². The lowest BCUT2D eigenvalue weighted by atomic mass is 10.2. The highest BCUT2D eigenvalue weighted by Crippen LogP contribution is 2.34. The third kappa shape index (κ3) is 4.57. The van der Waals surface area contributed by atoms with E-state index in [-0.39, 0.29) is 5.75 Å². The van der Waals surface area contributed by atoms with Crippen molar-refractivity contribution in [3.63, 3.8) is 0 Å². The number of hydrogen-bond acceptors (Lipinski definition) is 4. The van der Waals surface area contributed by atoms with Gasteiger partial charge in [0.25, 0.3) is 0 Å². The molecule has 2 rings (SSSR count). The van der Waals surface area contributed by atoms with Crippen molar-refractivity contribution in [1.29, 1.82) is 0 Å². The van der Waals surface area contributed by atoms with Crippen molar-refractivity contribution < 1.29 is 17.9 Å². The molecule has 0 atom stereocenters. The van der Waals surface area contributed by atoms with Crippen LogP contribution in [-0.2, 0) is 5.75 Å². The minimum atomic E-state index is -4.37. The third-order valence-corrected chi connectivity index (χ3v) is 4.56. The second kappa shape index (κ2) is 6.69. The van der Waals surface area contributed by atoms with Crippen LogP contribution in [0.3, 0.4) is 0 Å². The van der Waals surface area contributed by atoms with Crippen LogP contribution in [0.4, 0.5) is 13.2 Å². The highest BCUT2D eigenvalue weighted by Gasteiger charge is 2.29. The van der Waals surface area contributed by atoms with Crippen molar-refractivity contribution in [1.82, 2.24) is 4.98 Å². The molecule has 0 amide bonds. The van der Waals surface area contributed by atoms with Gasteiger partial charge in [-0.15, -0.1) is 11.3 Å². The van der Waals surface area contributed by atoms with Gasteiger partial charge in [0.1, 0.15) is 10.1 Å². The van der Waals surface area contributed by atoms with Crippen molar-refractivity contribution in [3.8, 4) is 5.75 Å². The summed E-state index contributed by atoms with van der Waals surface area (Å²) < 4.78 is 42.3. The summed E-state index contributed by atoms with van der Waals surface area (Å²) in [6.45, 7) is -1.33. The van der Waals surface area contributed by atoms with Crippen molar-refractivity contribution in [2.75, 3.05) is 6.61 Å². The van der Waals surface area contributed by atoms with Gasteiger partial charge in [-0.25, -0.2) is 4.98 Å². The number of alkyl halides is 3. The maximum absolute atomic E-state index is 12.2. The molecule has 0 unspecified atom stereocenters. The molecule has 108 valence electrons. The highest BCUT2D eigenvalue weighted by atomic mass is 35.5. The molecule has 8 heteroatoms. The quantitative estimate of drug-likeness (QED) is 0.713. The summed E-state index contributed by atoms with van der Waals surface area (Å²) in [6.07, 6.45) is -2.71. The van der Waals surface area contributed by atoms with Gasteiger partial charge in [-0.05, 0) is 12.1 Å². The van der Waals surface area contributed by atoms with Gasteiger partial charge in [-0.2, -0.15) is 13.2 Å². The van der Waals surface area contributed by atoms with Crippen molar-refractivity contribution in [2.45, 2.75) is 16.3 Å². The van der Waals surface area contributed by atoms with Gasteiger partial charge in [-0.3, -0.25) is 0 Å². The summed E-state index contributed by atoms with van der Waals surface area (Å²) in [5.41, 5.74) is 0.540. The molecule has 1 aromatic carbocycles. The number of aromatic nitrogens is 1. The zero-order valence-electron chi connectivity index (χ0n) is 9.98. The number of nitrogens with zero attached hydrogens (tertiary/aromatic N) is 1. The minimum Gasteiger partial charge on any atom is -0.484 e. The van der Waals surface area contributed by atoms with Gasteiger partial charge in [0.2, 0.25) is 0 Å². The maximum atomic E-state index is 12.2. The summed E-state index contributed by atoms with van der Waals surface area (Å²) in [5, 5.41) is 2.21. The van der Waals surface area contributed by atoms with E-state index in [1.54, 1.807) is 18.3 Å². The fourth-order valence-corrected chi connectivity index (χ4v) is 3.38. The Morgan fingerprint density at radius 1 is 1.35 bits per heavy atom. The first kappa shape index (κ1) is 15.5. The molecule has 0 aliphatic carbocycles. The van der Waals surface area contributed by atoms with Crippen LogP contribution < -0.4 is 4.74 Å². The zero-order chi connectivity index (χ0) is 14.6. The number of hydrogen-bond donors (Lipinski definition) is 0. The van der Waals surface area contributed by atoms with Gasteiger partial charge in [-0.1, -0.05) is 29.4 Å². The summed E-state index contributed by atoms with van der Waals surface area (Å²) in [6, 6.07) is 4.67. The summed E-state index contributed by atoms with van der Waals surface area (Å²) in [5.74, 6) is 0.555. The van der Waals surface area contributed by atoms with E-state index in [1.807, 2.05) is 5.38 Å². The van der Waals surface area contributed by atoms with Gasteiger partial charge in [0.05, 0.1) is 0 Å². The molecule has 0 radical (unpaired) electrons. The number of benzene rings is 1. The van der Waals surface area contributed by atoms with Crippen LogP contribution in [-0.4, -0.2) is 17.8 Å². The molecular weight excluding hydrogens is 331 g/mol. The van der Waals surface area contributed by atoms with Crippen molar-refractivity contribution >= 4 is 34.7 Å². The van der Waals surface area contributed by atoms with Crippen LogP contribution in [0.1, 0.15) is 5.56 Å².